The molecule has 0 fully saturated rings. The van der Waals surface area contributed by atoms with Crippen LogP contribution in [0, 0.1) is 5.92 Å². The van der Waals surface area contributed by atoms with E-state index in [9.17, 15) is 0 Å². The average molecular weight is 326 g/mol. The molecule has 0 heterocycles. The second-order valence-electron chi connectivity index (χ2n) is 4.93. The summed E-state index contributed by atoms with van der Waals surface area (Å²) >= 11 is 3.53. The number of likely N-dealkylation sites (N-methyl/N-ethyl adjacent to an activating group) is 1. The molecule has 2 nitrogen and oxygen atoms in total. The fourth-order valence-electron chi connectivity index (χ4n) is 1.80. The molecule has 19 heavy (non-hydrogen) atoms. The summed E-state index contributed by atoms with van der Waals surface area (Å²) in [5.74, 6) is 1.48. The van der Waals surface area contributed by atoms with E-state index in [1.807, 2.05) is 19.2 Å². The Labute approximate surface area is 125 Å². The molecular formula is C16H24BrNO. The summed E-state index contributed by atoms with van der Waals surface area (Å²) in [4.78, 5) is 0. The fraction of sp³-hybridized carbons (Fsp3) is 0.500. The molecule has 0 spiro atoms. The topological polar surface area (TPSA) is 21.3 Å². The Balaban J connectivity index is 3.07. The maximum Gasteiger partial charge on any atom is 0.126 e. The smallest absolute Gasteiger partial charge is 0.126 e. The normalized spacial score (nSPS) is 12.0. The third-order valence-electron chi connectivity index (χ3n) is 2.90. The average Bonchev–Trinajstić information content (AvgIpc) is 2.37. The van der Waals surface area contributed by atoms with Gasteiger partial charge in [0.2, 0.25) is 0 Å². The van der Waals surface area contributed by atoms with E-state index in [0.29, 0.717) is 5.92 Å². The van der Waals surface area contributed by atoms with E-state index in [2.05, 4.69) is 54.2 Å². The number of hydrogen-bond donors (Lipinski definition) is 1. The minimum Gasteiger partial charge on any atom is -0.493 e. The third kappa shape index (κ3) is 5.37. The molecule has 0 unspecified atom stereocenters. The highest BCUT2D eigenvalue weighted by Gasteiger charge is 2.07. The molecule has 0 atom stereocenters. The van der Waals surface area contributed by atoms with Gasteiger partial charge >= 0.3 is 0 Å². The van der Waals surface area contributed by atoms with Crippen LogP contribution in [-0.2, 0) is 0 Å². The summed E-state index contributed by atoms with van der Waals surface area (Å²) in [5, 5.41) is 3.23. The van der Waals surface area contributed by atoms with Gasteiger partial charge in [-0.05, 0) is 37.6 Å². The lowest BCUT2D eigenvalue weighted by molar-refractivity contribution is 0.316. The first-order chi connectivity index (χ1) is 9.08. The zero-order valence-corrected chi connectivity index (χ0v) is 13.9. The van der Waals surface area contributed by atoms with Crippen molar-refractivity contribution in [3.63, 3.8) is 0 Å². The molecule has 0 aliphatic heterocycles. The number of ether oxygens (including phenoxy) is 1. The van der Waals surface area contributed by atoms with Gasteiger partial charge in [-0.1, -0.05) is 48.4 Å². The summed E-state index contributed by atoms with van der Waals surface area (Å²) in [6.45, 7) is 8.21. The zero-order valence-electron chi connectivity index (χ0n) is 12.3. The summed E-state index contributed by atoms with van der Waals surface area (Å²) < 4.78 is 6.89. The van der Waals surface area contributed by atoms with Crippen molar-refractivity contribution in [1.82, 2.24) is 5.32 Å². The summed E-state index contributed by atoms with van der Waals surface area (Å²) in [6, 6.07) is 6.17. The Bertz CT molecular complexity index is 427. The fourth-order valence-corrected chi connectivity index (χ4v) is 2.18. The number of hydrogen-bond acceptors (Lipinski definition) is 2. The van der Waals surface area contributed by atoms with E-state index in [4.69, 9.17) is 4.74 Å². The molecule has 0 saturated carbocycles. The van der Waals surface area contributed by atoms with E-state index in [1.165, 1.54) is 5.57 Å². The number of halogens is 1. The minimum atomic E-state index is 0.519. The third-order valence-corrected chi connectivity index (χ3v) is 3.39. The maximum absolute atomic E-state index is 5.81. The van der Waals surface area contributed by atoms with Gasteiger partial charge < -0.3 is 10.1 Å². The summed E-state index contributed by atoms with van der Waals surface area (Å²) in [7, 11) is 1.98. The van der Waals surface area contributed by atoms with Crippen molar-refractivity contribution >= 4 is 22.0 Å². The predicted octanol–water partition coefficient (Wildman–Crippen LogP) is 4.50. The molecule has 3 heteroatoms. The van der Waals surface area contributed by atoms with Crippen LogP contribution in [0.3, 0.4) is 0 Å². The van der Waals surface area contributed by atoms with Crippen molar-refractivity contribution in [1.29, 1.82) is 0 Å². The van der Waals surface area contributed by atoms with Gasteiger partial charge in [0, 0.05) is 16.6 Å². The molecule has 0 amide bonds. The Morgan fingerprint density at radius 1 is 1.42 bits per heavy atom. The van der Waals surface area contributed by atoms with Crippen LogP contribution in [-0.4, -0.2) is 20.2 Å². The highest BCUT2D eigenvalue weighted by Crippen LogP contribution is 2.27. The second-order valence-corrected chi connectivity index (χ2v) is 5.85. The molecule has 106 valence electrons. The summed E-state index contributed by atoms with van der Waals surface area (Å²) in [6.07, 6.45) is 3.25. The molecule has 1 N–H and O–H groups in total. The van der Waals surface area contributed by atoms with Gasteiger partial charge in [0.1, 0.15) is 5.75 Å². The van der Waals surface area contributed by atoms with Crippen LogP contribution in [0.5, 0.6) is 5.75 Å². The quantitative estimate of drug-likeness (QED) is 0.797. The Morgan fingerprint density at radius 2 is 2.16 bits per heavy atom. The molecule has 1 aromatic rings. The largest absolute Gasteiger partial charge is 0.493 e. The minimum absolute atomic E-state index is 0.519. The first-order valence-electron chi connectivity index (χ1n) is 6.85. The van der Waals surface area contributed by atoms with E-state index in [-0.39, 0.29) is 0 Å². The molecule has 0 aliphatic rings. The molecule has 0 aliphatic carbocycles. The summed E-state index contributed by atoms with van der Waals surface area (Å²) in [5.41, 5.74) is 2.52. The number of benzene rings is 1. The monoisotopic (exact) mass is 325 g/mol. The lowest BCUT2D eigenvalue weighted by atomic mass is 10.00. The van der Waals surface area contributed by atoms with Gasteiger partial charge in [0.25, 0.3) is 0 Å². The molecule has 0 radical (unpaired) electrons. The van der Waals surface area contributed by atoms with Crippen molar-refractivity contribution < 1.29 is 4.74 Å². The molecule has 0 saturated heterocycles. The highest BCUT2D eigenvalue weighted by atomic mass is 79.9. The van der Waals surface area contributed by atoms with Crippen molar-refractivity contribution in [2.75, 3.05) is 20.2 Å². The Morgan fingerprint density at radius 3 is 2.74 bits per heavy atom. The van der Waals surface area contributed by atoms with Crippen LogP contribution in [0.1, 0.15) is 32.8 Å². The SMILES string of the molecule is CCCOc1ccc(Br)cc1C=C(CNC)C(C)C. The lowest BCUT2D eigenvalue weighted by Crippen LogP contribution is -2.14. The van der Waals surface area contributed by atoms with Gasteiger partial charge in [-0.2, -0.15) is 0 Å². The molecular weight excluding hydrogens is 302 g/mol. The molecule has 0 aromatic heterocycles. The van der Waals surface area contributed by atoms with Crippen molar-refractivity contribution in [2.24, 2.45) is 5.92 Å². The van der Waals surface area contributed by atoms with Crippen molar-refractivity contribution in [3.8, 4) is 5.75 Å². The number of nitrogens with one attached hydrogen (secondary N) is 1. The zero-order chi connectivity index (χ0) is 14.3. The van der Waals surface area contributed by atoms with E-state index in [0.717, 1.165) is 35.4 Å². The van der Waals surface area contributed by atoms with Gasteiger partial charge in [-0.25, -0.2) is 0 Å². The lowest BCUT2D eigenvalue weighted by Gasteiger charge is -2.14. The maximum atomic E-state index is 5.81. The second kappa shape index (κ2) is 8.39. The number of rotatable bonds is 7. The van der Waals surface area contributed by atoms with E-state index < -0.39 is 0 Å². The van der Waals surface area contributed by atoms with Crippen molar-refractivity contribution in [2.45, 2.75) is 27.2 Å². The molecule has 0 bridgehead atoms. The van der Waals surface area contributed by atoms with Gasteiger partial charge in [-0.3, -0.25) is 0 Å². The van der Waals surface area contributed by atoms with Crippen LogP contribution in [0.25, 0.3) is 6.08 Å². The van der Waals surface area contributed by atoms with Crippen LogP contribution >= 0.6 is 15.9 Å². The highest BCUT2D eigenvalue weighted by molar-refractivity contribution is 9.10. The predicted molar refractivity (Wildman–Crippen MR) is 86.7 cm³/mol. The van der Waals surface area contributed by atoms with Crippen molar-refractivity contribution in [3.05, 3.63) is 33.8 Å². The molecule has 1 aromatic carbocycles. The van der Waals surface area contributed by atoms with Gasteiger partial charge in [0.15, 0.2) is 0 Å². The van der Waals surface area contributed by atoms with Crippen LogP contribution < -0.4 is 10.1 Å². The first-order valence-corrected chi connectivity index (χ1v) is 7.65. The standard InChI is InChI=1S/C16H24BrNO/c1-5-8-19-16-7-6-15(17)10-13(16)9-14(11-18-4)12(2)3/h6-7,9-10,12,18H,5,8,11H2,1-4H3. The Kier molecular flexibility index (Phi) is 7.17. The van der Waals surface area contributed by atoms with E-state index >= 15 is 0 Å². The van der Waals surface area contributed by atoms with Gasteiger partial charge in [0.05, 0.1) is 6.61 Å². The van der Waals surface area contributed by atoms with Gasteiger partial charge in [-0.15, -0.1) is 0 Å². The first kappa shape index (κ1) is 16.3. The van der Waals surface area contributed by atoms with E-state index in [1.54, 1.807) is 0 Å². The van der Waals surface area contributed by atoms with Crippen LogP contribution in [0.2, 0.25) is 0 Å². The molecule has 1 rings (SSSR count). The Hall–Kier alpha value is -0.800. The van der Waals surface area contributed by atoms with Crippen LogP contribution in [0.4, 0.5) is 0 Å². The van der Waals surface area contributed by atoms with Crippen LogP contribution in [0.15, 0.2) is 28.2 Å².